The predicted molar refractivity (Wildman–Crippen MR) is 28.3 cm³/mol. The van der Waals surface area contributed by atoms with Crippen LogP contribution in [0.4, 0.5) is 8.78 Å². The Morgan fingerprint density at radius 2 is 1.78 bits per heavy atom. The number of alkyl halides is 2. The number of carbonyl (C=O) groups excluding carboxylic acids is 1. The second kappa shape index (κ2) is 1.40. The van der Waals surface area contributed by atoms with E-state index >= 15 is 0 Å². The van der Waals surface area contributed by atoms with Crippen LogP contribution in [0, 0.1) is 0 Å². The van der Waals surface area contributed by atoms with Gasteiger partial charge < -0.3 is 0 Å². The van der Waals surface area contributed by atoms with Crippen molar-refractivity contribution in [1.82, 2.24) is 0 Å². The van der Waals surface area contributed by atoms with Gasteiger partial charge in [0.2, 0.25) is 5.78 Å². The highest BCUT2D eigenvalue weighted by atomic mass is 19.3. The highest BCUT2D eigenvalue weighted by Gasteiger charge is 2.51. The van der Waals surface area contributed by atoms with Crippen molar-refractivity contribution < 1.29 is 13.6 Å². The number of ketones is 1. The number of hydrogen-bond donors (Lipinski definition) is 0. The molecule has 0 spiro atoms. The molecule has 0 saturated heterocycles. The van der Waals surface area contributed by atoms with E-state index in [1.807, 2.05) is 0 Å². The molecule has 0 unspecified atom stereocenters. The van der Waals surface area contributed by atoms with E-state index < -0.39 is 11.7 Å². The zero-order valence-corrected chi connectivity index (χ0v) is 5.16. The Hall–Kier alpha value is -0.730. The lowest BCUT2D eigenvalue weighted by atomic mass is 9.85. The van der Waals surface area contributed by atoms with Crippen molar-refractivity contribution in [2.24, 2.45) is 0 Å². The lowest BCUT2D eigenvalue weighted by Crippen LogP contribution is -2.41. The van der Waals surface area contributed by atoms with Crippen molar-refractivity contribution in [2.75, 3.05) is 0 Å². The number of Topliss-reactive ketones (excluding diaryl/α,β-unsaturated/α-hetero) is 1. The van der Waals surface area contributed by atoms with E-state index in [4.69, 9.17) is 0 Å². The van der Waals surface area contributed by atoms with Gasteiger partial charge in [-0.15, -0.1) is 0 Å². The molecule has 1 rings (SSSR count). The molecule has 1 aliphatic carbocycles. The monoisotopic (exact) mass is 132 g/mol. The molecule has 0 aromatic carbocycles. The van der Waals surface area contributed by atoms with Crippen LogP contribution in [0.15, 0.2) is 11.1 Å². The molecule has 0 aromatic heterocycles. The van der Waals surface area contributed by atoms with E-state index in [-0.39, 0.29) is 11.1 Å². The number of halogens is 2. The summed E-state index contributed by atoms with van der Waals surface area (Å²) in [7, 11) is 0. The van der Waals surface area contributed by atoms with E-state index in [2.05, 4.69) is 0 Å². The van der Waals surface area contributed by atoms with Gasteiger partial charge in [0.05, 0.1) is 0 Å². The molecule has 1 nitrogen and oxygen atoms in total. The Balaban J connectivity index is 3.06. The Kier molecular flexibility index (Phi) is 0.997. The molecule has 0 aliphatic heterocycles. The molecule has 3 heteroatoms. The molecule has 9 heavy (non-hydrogen) atoms. The van der Waals surface area contributed by atoms with Gasteiger partial charge >= 0.3 is 5.92 Å². The van der Waals surface area contributed by atoms with Crippen molar-refractivity contribution in [3.63, 3.8) is 0 Å². The van der Waals surface area contributed by atoms with Crippen LogP contribution in [0.5, 0.6) is 0 Å². The highest BCUT2D eigenvalue weighted by molar-refractivity contribution is 6.10. The third-order valence-corrected chi connectivity index (χ3v) is 1.66. The molecule has 0 saturated carbocycles. The summed E-state index contributed by atoms with van der Waals surface area (Å²) in [5.41, 5.74) is 0.118. The smallest absolute Gasteiger partial charge is 0.287 e. The van der Waals surface area contributed by atoms with Gasteiger partial charge in [-0.05, 0) is 13.8 Å². The van der Waals surface area contributed by atoms with Gasteiger partial charge in [-0.1, -0.05) is 0 Å². The summed E-state index contributed by atoms with van der Waals surface area (Å²) in [6, 6.07) is 0. The van der Waals surface area contributed by atoms with E-state index in [9.17, 15) is 13.6 Å². The van der Waals surface area contributed by atoms with Gasteiger partial charge in [-0.3, -0.25) is 4.79 Å². The summed E-state index contributed by atoms with van der Waals surface area (Å²) >= 11 is 0. The van der Waals surface area contributed by atoms with Crippen molar-refractivity contribution in [3.05, 3.63) is 11.1 Å². The van der Waals surface area contributed by atoms with Crippen LogP contribution in [0.1, 0.15) is 13.8 Å². The minimum atomic E-state index is -3.15. The van der Waals surface area contributed by atoms with Crippen molar-refractivity contribution >= 4 is 5.78 Å². The predicted octanol–water partition coefficient (Wildman–Crippen LogP) is 1.54. The summed E-state index contributed by atoms with van der Waals surface area (Å²) in [5, 5.41) is 0. The molecule has 1 aliphatic rings. The van der Waals surface area contributed by atoms with Crippen molar-refractivity contribution in [3.8, 4) is 0 Å². The van der Waals surface area contributed by atoms with Crippen LogP contribution in [0.2, 0.25) is 0 Å². The first-order valence-corrected chi connectivity index (χ1v) is 2.58. The molecule has 0 radical (unpaired) electrons. The number of carbonyl (C=O) groups is 1. The fraction of sp³-hybridized carbons (Fsp3) is 0.500. The van der Waals surface area contributed by atoms with Crippen LogP contribution in [0.25, 0.3) is 0 Å². The first kappa shape index (κ1) is 6.39. The average Bonchev–Trinajstić information content (AvgIpc) is 1.84. The highest BCUT2D eigenvalue weighted by Crippen LogP contribution is 2.38. The lowest BCUT2D eigenvalue weighted by molar-refractivity contribution is -0.138. The second-order valence-electron chi connectivity index (χ2n) is 2.15. The zero-order chi connectivity index (χ0) is 7.23. The topological polar surface area (TPSA) is 17.1 Å². The summed E-state index contributed by atoms with van der Waals surface area (Å²) in [5.74, 6) is -4.18. The molecule has 0 bridgehead atoms. The Bertz CT molecular complexity index is 203. The van der Waals surface area contributed by atoms with Gasteiger partial charge in [0.1, 0.15) is 0 Å². The Morgan fingerprint density at radius 3 is 1.89 bits per heavy atom. The Morgan fingerprint density at radius 1 is 1.33 bits per heavy atom. The molecule has 0 heterocycles. The fourth-order valence-corrected chi connectivity index (χ4v) is 0.749. The maximum atomic E-state index is 12.2. The summed E-state index contributed by atoms with van der Waals surface area (Å²) in [6.07, 6.45) is 0. The number of hydrogen-bond acceptors (Lipinski definition) is 1. The molecule has 0 fully saturated rings. The van der Waals surface area contributed by atoms with Gasteiger partial charge in [0, 0.05) is 11.1 Å². The normalized spacial score (nSPS) is 24.2. The second-order valence-corrected chi connectivity index (χ2v) is 2.15. The zero-order valence-electron chi connectivity index (χ0n) is 5.16. The van der Waals surface area contributed by atoms with Crippen LogP contribution < -0.4 is 0 Å². The van der Waals surface area contributed by atoms with Gasteiger partial charge in [0.25, 0.3) is 0 Å². The van der Waals surface area contributed by atoms with E-state index in [1.165, 1.54) is 13.8 Å². The largest absolute Gasteiger partial charge is 0.331 e. The first-order valence-electron chi connectivity index (χ1n) is 2.58. The molecule has 0 amide bonds. The quantitative estimate of drug-likeness (QED) is 0.488. The van der Waals surface area contributed by atoms with Gasteiger partial charge in [-0.2, -0.15) is 8.78 Å². The van der Waals surface area contributed by atoms with Crippen LogP contribution in [-0.2, 0) is 4.79 Å². The van der Waals surface area contributed by atoms with E-state index in [0.717, 1.165) is 0 Å². The molecule has 0 atom stereocenters. The van der Waals surface area contributed by atoms with E-state index in [0.29, 0.717) is 0 Å². The summed E-state index contributed by atoms with van der Waals surface area (Å²) in [6.45, 7) is 2.69. The SMILES string of the molecule is CC1=C(C)C(F)(F)C1=O. The Labute approximate surface area is 51.4 Å². The minimum Gasteiger partial charge on any atom is -0.287 e. The number of allylic oxidation sites excluding steroid dienone is 2. The maximum Gasteiger partial charge on any atom is 0.331 e. The minimum absolute atomic E-state index is 0.0903. The average molecular weight is 132 g/mol. The third kappa shape index (κ3) is 0.544. The molecular formula is C6H6F2O. The number of rotatable bonds is 0. The van der Waals surface area contributed by atoms with Crippen LogP contribution in [-0.4, -0.2) is 11.7 Å². The van der Waals surface area contributed by atoms with Gasteiger partial charge in [0.15, 0.2) is 0 Å². The van der Waals surface area contributed by atoms with Crippen molar-refractivity contribution in [2.45, 2.75) is 19.8 Å². The molecule has 0 aromatic rings. The van der Waals surface area contributed by atoms with Gasteiger partial charge in [-0.25, -0.2) is 0 Å². The lowest BCUT2D eigenvalue weighted by Gasteiger charge is -2.26. The summed E-state index contributed by atoms with van der Waals surface area (Å²) < 4.78 is 24.3. The van der Waals surface area contributed by atoms with Crippen LogP contribution in [0.3, 0.4) is 0 Å². The van der Waals surface area contributed by atoms with Crippen LogP contribution >= 0.6 is 0 Å². The maximum absolute atomic E-state index is 12.2. The third-order valence-electron chi connectivity index (χ3n) is 1.66. The fourth-order valence-electron chi connectivity index (χ4n) is 0.749. The van der Waals surface area contributed by atoms with Crippen molar-refractivity contribution in [1.29, 1.82) is 0 Å². The summed E-state index contributed by atoms with van der Waals surface area (Å²) in [4.78, 5) is 10.3. The first-order chi connectivity index (χ1) is 3.98. The molecular weight excluding hydrogens is 126 g/mol. The standard InChI is InChI=1S/C6H6F2O/c1-3-4(2)6(7,8)5(3)9/h1-2H3. The molecule has 0 N–H and O–H groups in total. The van der Waals surface area contributed by atoms with E-state index in [1.54, 1.807) is 0 Å². The molecule has 50 valence electrons.